The second-order valence-electron chi connectivity index (χ2n) is 7.43. The van der Waals surface area contributed by atoms with Crippen molar-refractivity contribution in [3.05, 3.63) is 39.9 Å². The number of hydrogen-bond donors (Lipinski definition) is 1. The van der Waals surface area contributed by atoms with E-state index in [4.69, 9.17) is 4.74 Å². The lowest BCUT2D eigenvalue weighted by Crippen LogP contribution is -2.47. The fraction of sp³-hybridized carbons (Fsp3) is 0.611. The lowest BCUT2D eigenvalue weighted by Gasteiger charge is -2.36. The number of carbonyl (C=O) groups is 1. The van der Waals surface area contributed by atoms with Crippen LogP contribution in [0.3, 0.4) is 0 Å². The number of nitrogens with one attached hydrogen (secondary N) is 1. The SMILES string of the molecule is CC(C)(C)OC(=O)NCC1CCCCN1Cc1ccc([N+](=O)[O-])cc1. The molecule has 1 unspecified atom stereocenters. The zero-order valence-corrected chi connectivity index (χ0v) is 15.2. The molecular formula is C18H27N3O4. The Kier molecular flexibility index (Phi) is 6.36. The first-order valence-corrected chi connectivity index (χ1v) is 8.69. The number of amides is 1. The van der Waals surface area contributed by atoms with Crippen LogP contribution in [-0.2, 0) is 11.3 Å². The first kappa shape index (κ1) is 19.2. The Morgan fingerprint density at radius 3 is 2.60 bits per heavy atom. The second kappa shape index (κ2) is 8.29. The number of carbonyl (C=O) groups excluding carboxylic acids is 1. The normalized spacial score (nSPS) is 18.6. The van der Waals surface area contributed by atoms with Crippen molar-refractivity contribution in [1.82, 2.24) is 10.2 Å². The third-order valence-electron chi connectivity index (χ3n) is 4.16. The molecule has 0 radical (unpaired) electrons. The Labute approximate surface area is 148 Å². The molecule has 1 atom stereocenters. The number of nitro groups is 1. The molecule has 1 N–H and O–H groups in total. The predicted molar refractivity (Wildman–Crippen MR) is 95.4 cm³/mol. The topological polar surface area (TPSA) is 84.7 Å². The molecule has 138 valence electrons. The van der Waals surface area contributed by atoms with Gasteiger partial charge in [-0.1, -0.05) is 18.6 Å². The molecule has 1 amide bonds. The van der Waals surface area contributed by atoms with Gasteiger partial charge in [0.1, 0.15) is 5.60 Å². The number of likely N-dealkylation sites (tertiary alicyclic amines) is 1. The lowest BCUT2D eigenvalue weighted by atomic mass is 10.0. The van der Waals surface area contributed by atoms with E-state index >= 15 is 0 Å². The molecule has 25 heavy (non-hydrogen) atoms. The van der Waals surface area contributed by atoms with Gasteiger partial charge in [-0.05, 0) is 45.7 Å². The molecule has 1 aromatic carbocycles. The summed E-state index contributed by atoms with van der Waals surface area (Å²) in [5.41, 5.74) is 0.634. The maximum atomic E-state index is 11.9. The van der Waals surface area contributed by atoms with Crippen molar-refractivity contribution >= 4 is 11.8 Å². The summed E-state index contributed by atoms with van der Waals surface area (Å²) in [5, 5.41) is 13.6. The minimum absolute atomic E-state index is 0.102. The van der Waals surface area contributed by atoms with Crippen LogP contribution in [0.1, 0.15) is 45.6 Å². The van der Waals surface area contributed by atoms with Gasteiger partial charge in [-0.15, -0.1) is 0 Å². The van der Waals surface area contributed by atoms with Gasteiger partial charge in [0.15, 0.2) is 0 Å². The molecular weight excluding hydrogens is 322 g/mol. The summed E-state index contributed by atoms with van der Waals surface area (Å²) in [6.07, 6.45) is 2.88. The monoisotopic (exact) mass is 349 g/mol. The molecule has 1 aliphatic rings. The number of piperidine rings is 1. The maximum absolute atomic E-state index is 11.9. The summed E-state index contributed by atoms with van der Waals surface area (Å²) >= 11 is 0. The van der Waals surface area contributed by atoms with E-state index in [1.807, 2.05) is 20.8 Å². The fourth-order valence-electron chi connectivity index (χ4n) is 2.97. The van der Waals surface area contributed by atoms with Gasteiger partial charge in [0.25, 0.3) is 5.69 Å². The molecule has 1 fully saturated rings. The van der Waals surface area contributed by atoms with Crippen molar-refractivity contribution < 1.29 is 14.5 Å². The Balaban J connectivity index is 1.91. The first-order valence-electron chi connectivity index (χ1n) is 8.69. The van der Waals surface area contributed by atoms with Crippen LogP contribution in [0, 0.1) is 10.1 Å². The van der Waals surface area contributed by atoms with Crippen molar-refractivity contribution in [3.63, 3.8) is 0 Å². The molecule has 2 rings (SSSR count). The third-order valence-corrected chi connectivity index (χ3v) is 4.16. The molecule has 1 aliphatic heterocycles. The van der Waals surface area contributed by atoms with Gasteiger partial charge < -0.3 is 10.1 Å². The van der Waals surface area contributed by atoms with Crippen molar-refractivity contribution in [3.8, 4) is 0 Å². The molecule has 0 bridgehead atoms. The average Bonchev–Trinajstić information content (AvgIpc) is 2.53. The zero-order valence-electron chi connectivity index (χ0n) is 15.2. The number of hydrogen-bond acceptors (Lipinski definition) is 5. The Hall–Kier alpha value is -2.15. The highest BCUT2D eigenvalue weighted by atomic mass is 16.6. The number of non-ortho nitro benzene ring substituents is 1. The summed E-state index contributed by atoms with van der Waals surface area (Å²) in [7, 11) is 0. The molecule has 0 aliphatic carbocycles. The molecule has 0 aromatic heterocycles. The van der Waals surface area contributed by atoms with Crippen LogP contribution in [0.25, 0.3) is 0 Å². The van der Waals surface area contributed by atoms with E-state index in [9.17, 15) is 14.9 Å². The molecule has 1 aromatic rings. The van der Waals surface area contributed by atoms with Gasteiger partial charge in [-0.25, -0.2) is 4.79 Å². The van der Waals surface area contributed by atoms with Crippen LogP contribution in [0.15, 0.2) is 24.3 Å². The van der Waals surface area contributed by atoms with Gasteiger partial charge in [0.05, 0.1) is 4.92 Å². The van der Waals surface area contributed by atoms with E-state index in [0.717, 1.165) is 37.9 Å². The van der Waals surface area contributed by atoms with E-state index < -0.39 is 16.6 Å². The minimum atomic E-state index is -0.505. The Morgan fingerprint density at radius 1 is 1.32 bits per heavy atom. The molecule has 0 saturated carbocycles. The summed E-state index contributed by atoms with van der Waals surface area (Å²) < 4.78 is 5.29. The van der Waals surface area contributed by atoms with Crippen molar-refractivity contribution in [1.29, 1.82) is 0 Å². The summed E-state index contributed by atoms with van der Waals surface area (Å²) in [5.74, 6) is 0. The van der Waals surface area contributed by atoms with Crippen LogP contribution in [0.2, 0.25) is 0 Å². The van der Waals surface area contributed by atoms with Gasteiger partial charge in [0, 0.05) is 31.3 Å². The van der Waals surface area contributed by atoms with Crippen LogP contribution < -0.4 is 5.32 Å². The van der Waals surface area contributed by atoms with Crippen LogP contribution in [0.5, 0.6) is 0 Å². The number of rotatable bonds is 5. The summed E-state index contributed by atoms with van der Waals surface area (Å²) in [6.45, 7) is 7.74. The van der Waals surface area contributed by atoms with E-state index in [0.29, 0.717) is 6.54 Å². The molecule has 1 saturated heterocycles. The van der Waals surface area contributed by atoms with Crippen molar-refractivity contribution in [2.24, 2.45) is 0 Å². The highest BCUT2D eigenvalue weighted by molar-refractivity contribution is 5.67. The standard InChI is InChI=1S/C18H27N3O4/c1-18(2,3)25-17(22)19-12-16-6-4-5-11-20(16)13-14-7-9-15(10-8-14)21(23)24/h7-10,16H,4-6,11-13H2,1-3H3,(H,19,22). The predicted octanol–water partition coefficient (Wildman–Crippen LogP) is 3.47. The molecule has 7 nitrogen and oxygen atoms in total. The number of ether oxygens (including phenoxy) is 1. The van der Waals surface area contributed by atoms with Crippen molar-refractivity contribution in [2.75, 3.05) is 13.1 Å². The first-order chi connectivity index (χ1) is 11.7. The smallest absolute Gasteiger partial charge is 0.407 e. The number of nitro benzene ring substituents is 1. The molecule has 7 heteroatoms. The van der Waals surface area contributed by atoms with E-state index in [2.05, 4.69) is 10.2 Å². The van der Waals surface area contributed by atoms with Gasteiger partial charge >= 0.3 is 6.09 Å². The van der Waals surface area contributed by atoms with E-state index in [1.54, 1.807) is 12.1 Å². The van der Waals surface area contributed by atoms with Gasteiger partial charge in [0.2, 0.25) is 0 Å². The highest BCUT2D eigenvalue weighted by Gasteiger charge is 2.24. The van der Waals surface area contributed by atoms with Crippen LogP contribution in [0.4, 0.5) is 10.5 Å². The number of alkyl carbamates (subject to hydrolysis) is 1. The quantitative estimate of drug-likeness (QED) is 0.650. The summed E-state index contributed by atoms with van der Waals surface area (Å²) in [4.78, 5) is 24.5. The van der Waals surface area contributed by atoms with Crippen LogP contribution >= 0.6 is 0 Å². The van der Waals surface area contributed by atoms with E-state index in [-0.39, 0.29) is 11.7 Å². The highest BCUT2D eigenvalue weighted by Crippen LogP contribution is 2.21. The van der Waals surface area contributed by atoms with E-state index in [1.165, 1.54) is 12.1 Å². The maximum Gasteiger partial charge on any atom is 0.407 e. The average molecular weight is 349 g/mol. The van der Waals surface area contributed by atoms with Gasteiger partial charge in [-0.2, -0.15) is 0 Å². The Morgan fingerprint density at radius 2 is 2.00 bits per heavy atom. The summed E-state index contributed by atoms with van der Waals surface area (Å²) in [6, 6.07) is 6.91. The van der Waals surface area contributed by atoms with Crippen LogP contribution in [-0.4, -0.2) is 40.6 Å². The van der Waals surface area contributed by atoms with Crippen molar-refractivity contribution in [2.45, 2.75) is 58.2 Å². The number of benzene rings is 1. The van der Waals surface area contributed by atoms with Gasteiger partial charge in [-0.3, -0.25) is 15.0 Å². The minimum Gasteiger partial charge on any atom is -0.444 e. The number of nitrogens with zero attached hydrogens (tertiary/aromatic N) is 2. The molecule has 0 spiro atoms. The third kappa shape index (κ3) is 6.34. The molecule has 1 heterocycles. The lowest BCUT2D eigenvalue weighted by molar-refractivity contribution is -0.384. The Bertz CT molecular complexity index is 595. The zero-order chi connectivity index (χ0) is 18.4. The largest absolute Gasteiger partial charge is 0.444 e. The fourth-order valence-corrected chi connectivity index (χ4v) is 2.97. The second-order valence-corrected chi connectivity index (χ2v) is 7.43.